The van der Waals surface area contributed by atoms with Gasteiger partial charge >= 0.3 is 10.8 Å². The Morgan fingerprint density at radius 3 is 2.54 bits per heavy atom. The van der Waals surface area contributed by atoms with E-state index < -0.39 is 11.6 Å². The molecule has 1 aromatic rings. The lowest BCUT2D eigenvalue weighted by molar-refractivity contribution is 0.00635. The molecule has 0 saturated heterocycles. The second-order valence-corrected chi connectivity index (χ2v) is 4.41. The number of rotatable bonds is 1. The van der Waals surface area contributed by atoms with E-state index in [1.165, 1.54) is 5.38 Å². The standard InChI is InChI=1S/C8H11NO3S/c1-8(2,3)12-6(10)5-4-13-7(11)9-5/h4H,1-3H3,(H,9,11). The third-order valence-electron chi connectivity index (χ3n) is 1.14. The number of hydrogen-bond acceptors (Lipinski definition) is 4. The second kappa shape index (κ2) is 3.33. The highest BCUT2D eigenvalue weighted by atomic mass is 32.1. The summed E-state index contributed by atoms with van der Waals surface area (Å²) in [5, 5.41) is 1.45. The van der Waals surface area contributed by atoms with Crippen LogP contribution < -0.4 is 4.87 Å². The highest BCUT2D eigenvalue weighted by molar-refractivity contribution is 7.07. The first kappa shape index (κ1) is 9.98. The van der Waals surface area contributed by atoms with Crippen molar-refractivity contribution in [1.29, 1.82) is 0 Å². The molecule has 0 amide bonds. The average Bonchev–Trinajstić information content (AvgIpc) is 2.31. The smallest absolute Gasteiger partial charge is 0.356 e. The van der Waals surface area contributed by atoms with Crippen LogP contribution in [0.1, 0.15) is 31.3 Å². The summed E-state index contributed by atoms with van der Waals surface area (Å²) in [6.07, 6.45) is 0. The summed E-state index contributed by atoms with van der Waals surface area (Å²) in [7, 11) is 0. The average molecular weight is 201 g/mol. The molecule has 1 aromatic heterocycles. The van der Waals surface area contributed by atoms with Crippen LogP contribution in [0.4, 0.5) is 0 Å². The third kappa shape index (κ3) is 3.02. The fraction of sp³-hybridized carbons (Fsp3) is 0.500. The van der Waals surface area contributed by atoms with E-state index in [2.05, 4.69) is 4.98 Å². The maximum Gasteiger partial charge on any atom is 0.356 e. The third-order valence-corrected chi connectivity index (χ3v) is 1.81. The molecule has 0 spiro atoms. The summed E-state index contributed by atoms with van der Waals surface area (Å²) in [6, 6.07) is 0. The number of hydrogen-bond donors (Lipinski definition) is 1. The minimum Gasteiger partial charge on any atom is -0.455 e. The van der Waals surface area contributed by atoms with Gasteiger partial charge in [-0.15, -0.1) is 0 Å². The lowest BCUT2D eigenvalue weighted by atomic mass is 10.2. The van der Waals surface area contributed by atoms with Gasteiger partial charge in [-0.25, -0.2) is 4.79 Å². The molecule has 5 heteroatoms. The number of esters is 1. The van der Waals surface area contributed by atoms with Crippen molar-refractivity contribution in [2.45, 2.75) is 26.4 Å². The maximum absolute atomic E-state index is 11.3. The topological polar surface area (TPSA) is 59.2 Å². The van der Waals surface area contributed by atoms with Crippen LogP contribution in [-0.4, -0.2) is 16.6 Å². The molecule has 13 heavy (non-hydrogen) atoms. The minimum atomic E-state index is -0.532. The molecule has 0 unspecified atom stereocenters. The van der Waals surface area contributed by atoms with Gasteiger partial charge in [0.1, 0.15) is 11.3 Å². The van der Waals surface area contributed by atoms with Crippen LogP contribution in [0.3, 0.4) is 0 Å². The summed E-state index contributed by atoms with van der Waals surface area (Å²) in [5.74, 6) is -0.495. The minimum absolute atomic E-state index is 0.213. The molecule has 0 bridgehead atoms. The van der Waals surface area contributed by atoms with Gasteiger partial charge in [-0.2, -0.15) is 0 Å². The Bertz CT molecular complexity index is 358. The molecule has 0 aliphatic carbocycles. The Balaban J connectivity index is 2.75. The normalized spacial score (nSPS) is 11.3. The van der Waals surface area contributed by atoms with Gasteiger partial charge in [0.15, 0.2) is 0 Å². The number of aromatic nitrogens is 1. The highest BCUT2D eigenvalue weighted by Crippen LogP contribution is 2.10. The van der Waals surface area contributed by atoms with Crippen LogP contribution >= 0.6 is 11.3 Å². The Morgan fingerprint density at radius 2 is 2.15 bits per heavy atom. The van der Waals surface area contributed by atoms with E-state index in [-0.39, 0.29) is 10.6 Å². The van der Waals surface area contributed by atoms with Crippen molar-refractivity contribution in [3.63, 3.8) is 0 Å². The summed E-state index contributed by atoms with van der Waals surface area (Å²) >= 11 is 0.947. The van der Waals surface area contributed by atoms with Crippen molar-refractivity contribution in [1.82, 2.24) is 4.98 Å². The Labute approximate surface area is 79.6 Å². The predicted molar refractivity (Wildman–Crippen MR) is 50.1 cm³/mol. The van der Waals surface area contributed by atoms with Gasteiger partial charge in [0.25, 0.3) is 0 Å². The predicted octanol–water partition coefficient (Wildman–Crippen LogP) is 1.39. The molecule has 0 fully saturated rings. The zero-order valence-electron chi connectivity index (χ0n) is 7.71. The first-order valence-corrected chi connectivity index (χ1v) is 4.67. The quantitative estimate of drug-likeness (QED) is 0.698. The molecule has 1 N–H and O–H groups in total. The van der Waals surface area contributed by atoms with Crippen molar-refractivity contribution < 1.29 is 9.53 Å². The van der Waals surface area contributed by atoms with Crippen molar-refractivity contribution in [3.8, 4) is 0 Å². The highest BCUT2D eigenvalue weighted by Gasteiger charge is 2.18. The molecule has 0 radical (unpaired) electrons. The van der Waals surface area contributed by atoms with Gasteiger partial charge in [0.2, 0.25) is 0 Å². The maximum atomic E-state index is 11.3. The Hall–Kier alpha value is -1.10. The summed E-state index contributed by atoms with van der Waals surface area (Å²) < 4.78 is 5.03. The lowest BCUT2D eigenvalue weighted by Crippen LogP contribution is -2.24. The monoisotopic (exact) mass is 201 g/mol. The fourth-order valence-electron chi connectivity index (χ4n) is 0.714. The Kier molecular flexibility index (Phi) is 2.56. The number of carbonyl (C=O) groups is 1. The van der Waals surface area contributed by atoms with E-state index in [1.54, 1.807) is 20.8 Å². The van der Waals surface area contributed by atoms with Gasteiger partial charge in [-0.05, 0) is 20.8 Å². The molecular formula is C8H11NO3S. The zero-order chi connectivity index (χ0) is 10.1. The van der Waals surface area contributed by atoms with Crippen LogP contribution in [-0.2, 0) is 4.74 Å². The molecule has 0 aliphatic rings. The van der Waals surface area contributed by atoms with Gasteiger partial charge in [0, 0.05) is 5.38 Å². The van der Waals surface area contributed by atoms with Crippen LogP contribution in [0.2, 0.25) is 0 Å². The second-order valence-electron chi connectivity index (χ2n) is 3.56. The SMILES string of the molecule is CC(C)(C)OC(=O)c1csc(=O)[nH]1. The molecule has 0 saturated carbocycles. The van der Waals surface area contributed by atoms with E-state index in [1.807, 2.05) is 0 Å². The number of ether oxygens (including phenoxy) is 1. The fourth-order valence-corrected chi connectivity index (χ4v) is 1.26. The molecule has 1 heterocycles. The summed E-state index contributed by atoms with van der Waals surface area (Å²) in [4.78, 5) is 24.1. The first-order valence-electron chi connectivity index (χ1n) is 3.79. The molecule has 1 rings (SSSR count). The van der Waals surface area contributed by atoms with Gasteiger partial charge < -0.3 is 9.72 Å². The molecule has 0 atom stereocenters. The van der Waals surface area contributed by atoms with Crippen molar-refractivity contribution >= 4 is 17.3 Å². The van der Waals surface area contributed by atoms with Gasteiger partial charge in [-0.1, -0.05) is 11.3 Å². The summed E-state index contributed by atoms with van der Waals surface area (Å²) in [5.41, 5.74) is -0.319. The number of H-pyrrole nitrogens is 1. The van der Waals surface area contributed by atoms with Crippen molar-refractivity contribution in [3.05, 3.63) is 20.7 Å². The van der Waals surface area contributed by atoms with E-state index in [0.29, 0.717) is 0 Å². The van der Waals surface area contributed by atoms with Crippen LogP contribution in [0.5, 0.6) is 0 Å². The number of nitrogens with one attached hydrogen (secondary N) is 1. The lowest BCUT2D eigenvalue weighted by Gasteiger charge is -2.18. The molecule has 0 aromatic carbocycles. The van der Waals surface area contributed by atoms with Gasteiger partial charge in [0.05, 0.1) is 0 Å². The van der Waals surface area contributed by atoms with Crippen molar-refractivity contribution in [2.24, 2.45) is 0 Å². The first-order chi connectivity index (χ1) is 5.88. The van der Waals surface area contributed by atoms with Crippen LogP contribution in [0, 0.1) is 0 Å². The van der Waals surface area contributed by atoms with Crippen LogP contribution in [0.15, 0.2) is 10.2 Å². The van der Waals surface area contributed by atoms with E-state index in [9.17, 15) is 9.59 Å². The largest absolute Gasteiger partial charge is 0.455 e. The van der Waals surface area contributed by atoms with Crippen molar-refractivity contribution in [2.75, 3.05) is 0 Å². The Morgan fingerprint density at radius 1 is 1.54 bits per heavy atom. The van der Waals surface area contributed by atoms with E-state index >= 15 is 0 Å². The molecule has 72 valence electrons. The van der Waals surface area contributed by atoms with Crippen LogP contribution in [0.25, 0.3) is 0 Å². The number of thiazole rings is 1. The molecule has 0 aliphatic heterocycles. The number of aromatic amines is 1. The van der Waals surface area contributed by atoms with E-state index in [4.69, 9.17) is 4.74 Å². The zero-order valence-corrected chi connectivity index (χ0v) is 8.53. The molecule has 4 nitrogen and oxygen atoms in total. The van der Waals surface area contributed by atoms with Gasteiger partial charge in [-0.3, -0.25) is 4.79 Å². The molecular weight excluding hydrogens is 190 g/mol. The summed E-state index contributed by atoms with van der Waals surface area (Å²) in [6.45, 7) is 5.32. The van der Waals surface area contributed by atoms with E-state index in [0.717, 1.165) is 11.3 Å². The number of carbonyl (C=O) groups excluding carboxylic acids is 1.